The van der Waals surface area contributed by atoms with Gasteiger partial charge in [-0.05, 0) is 37.3 Å². The SMILES string of the molecule is Cc1ccc(F)c(C(=O)CSc2cccc(Br)c2)c1. The summed E-state index contributed by atoms with van der Waals surface area (Å²) in [6.07, 6.45) is 0. The second-order valence-corrected chi connectivity index (χ2v) is 6.12. The van der Waals surface area contributed by atoms with Crippen molar-refractivity contribution < 1.29 is 9.18 Å². The molecule has 2 aromatic rings. The number of hydrogen-bond donors (Lipinski definition) is 0. The maximum Gasteiger partial charge on any atom is 0.176 e. The molecule has 2 rings (SSSR count). The van der Waals surface area contributed by atoms with E-state index < -0.39 is 5.82 Å². The standard InChI is InChI=1S/C15H12BrFOS/c1-10-5-6-14(17)13(7-10)15(18)9-19-12-4-2-3-11(16)8-12/h2-8H,9H2,1H3. The van der Waals surface area contributed by atoms with Gasteiger partial charge >= 0.3 is 0 Å². The van der Waals surface area contributed by atoms with Gasteiger partial charge in [-0.15, -0.1) is 11.8 Å². The van der Waals surface area contributed by atoms with Crippen molar-refractivity contribution in [3.8, 4) is 0 Å². The number of ketones is 1. The van der Waals surface area contributed by atoms with Crippen LogP contribution in [-0.2, 0) is 0 Å². The predicted molar refractivity (Wildman–Crippen MR) is 80.3 cm³/mol. The molecule has 2 aromatic carbocycles. The van der Waals surface area contributed by atoms with Gasteiger partial charge in [0.2, 0.25) is 0 Å². The number of thioether (sulfide) groups is 1. The zero-order valence-corrected chi connectivity index (χ0v) is 12.7. The maximum atomic E-state index is 13.6. The number of benzene rings is 2. The molecule has 0 aromatic heterocycles. The van der Waals surface area contributed by atoms with Gasteiger partial charge in [0.15, 0.2) is 5.78 Å². The van der Waals surface area contributed by atoms with E-state index in [0.717, 1.165) is 14.9 Å². The van der Waals surface area contributed by atoms with Crippen LogP contribution in [0, 0.1) is 12.7 Å². The highest BCUT2D eigenvalue weighted by molar-refractivity contribution is 9.10. The lowest BCUT2D eigenvalue weighted by Gasteiger charge is -2.04. The number of carbonyl (C=O) groups excluding carboxylic acids is 1. The van der Waals surface area contributed by atoms with Gasteiger partial charge < -0.3 is 0 Å². The smallest absolute Gasteiger partial charge is 0.176 e. The number of halogens is 2. The molecule has 0 saturated heterocycles. The Balaban J connectivity index is 2.07. The molecule has 0 aliphatic heterocycles. The zero-order valence-electron chi connectivity index (χ0n) is 10.3. The van der Waals surface area contributed by atoms with E-state index >= 15 is 0 Å². The topological polar surface area (TPSA) is 17.1 Å². The van der Waals surface area contributed by atoms with Gasteiger partial charge in [-0.1, -0.05) is 33.6 Å². The normalized spacial score (nSPS) is 10.5. The molecule has 0 spiro atoms. The number of Topliss-reactive ketones (excluding diaryl/α,β-unsaturated/α-hetero) is 1. The van der Waals surface area contributed by atoms with Gasteiger partial charge in [0.1, 0.15) is 5.82 Å². The van der Waals surface area contributed by atoms with E-state index in [1.54, 1.807) is 12.1 Å². The number of aryl methyl sites for hydroxylation is 1. The lowest BCUT2D eigenvalue weighted by molar-refractivity contribution is 0.101. The second-order valence-electron chi connectivity index (χ2n) is 4.15. The van der Waals surface area contributed by atoms with Crippen LogP contribution in [0.3, 0.4) is 0 Å². The number of carbonyl (C=O) groups is 1. The lowest BCUT2D eigenvalue weighted by atomic mass is 10.1. The molecule has 0 amide bonds. The minimum Gasteiger partial charge on any atom is -0.293 e. The van der Waals surface area contributed by atoms with Gasteiger partial charge in [-0.25, -0.2) is 4.39 Å². The molecule has 0 aliphatic rings. The molecule has 0 aliphatic carbocycles. The third-order valence-electron chi connectivity index (χ3n) is 2.59. The van der Waals surface area contributed by atoms with Crippen LogP contribution in [0.2, 0.25) is 0 Å². The molecule has 1 nitrogen and oxygen atoms in total. The van der Waals surface area contributed by atoms with Gasteiger partial charge in [0, 0.05) is 9.37 Å². The van der Waals surface area contributed by atoms with Crippen LogP contribution in [0.4, 0.5) is 4.39 Å². The van der Waals surface area contributed by atoms with Crippen molar-refractivity contribution in [3.63, 3.8) is 0 Å². The lowest BCUT2D eigenvalue weighted by Crippen LogP contribution is -2.05. The summed E-state index contributed by atoms with van der Waals surface area (Å²) >= 11 is 4.78. The predicted octanol–water partition coefficient (Wildman–Crippen LogP) is 4.87. The molecule has 4 heteroatoms. The van der Waals surface area contributed by atoms with E-state index in [9.17, 15) is 9.18 Å². The second kappa shape index (κ2) is 6.35. The average Bonchev–Trinajstić information content (AvgIpc) is 2.39. The molecule has 19 heavy (non-hydrogen) atoms. The van der Waals surface area contributed by atoms with Crippen molar-refractivity contribution >= 4 is 33.5 Å². The molecule has 0 N–H and O–H groups in total. The van der Waals surface area contributed by atoms with E-state index in [1.807, 2.05) is 31.2 Å². The molecule has 0 saturated carbocycles. The summed E-state index contributed by atoms with van der Waals surface area (Å²) < 4.78 is 14.5. The fourth-order valence-corrected chi connectivity index (χ4v) is 3.03. The summed E-state index contributed by atoms with van der Waals surface area (Å²) in [5, 5.41) is 0. The van der Waals surface area contributed by atoms with Crippen molar-refractivity contribution in [2.24, 2.45) is 0 Å². The molecule has 98 valence electrons. The molecule has 0 radical (unpaired) electrons. The van der Waals surface area contributed by atoms with E-state index in [-0.39, 0.29) is 17.1 Å². The summed E-state index contributed by atoms with van der Waals surface area (Å²) in [6, 6.07) is 12.3. The quantitative estimate of drug-likeness (QED) is 0.584. The van der Waals surface area contributed by atoms with Crippen molar-refractivity contribution in [1.82, 2.24) is 0 Å². The van der Waals surface area contributed by atoms with Crippen molar-refractivity contribution in [2.75, 3.05) is 5.75 Å². The average molecular weight is 339 g/mol. The fraction of sp³-hybridized carbons (Fsp3) is 0.133. The minimum absolute atomic E-state index is 0.169. The monoisotopic (exact) mass is 338 g/mol. The Morgan fingerprint density at radius 2 is 2.05 bits per heavy atom. The summed E-state index contributed by atoms with van der Waals surface area (Å²) in [7, 11) is 0. The third-order valence-corrected chi connectivity index (χ3v) is 4.08. The highest BCUT2D eigenvalue weighted by atomic mass is 79.9. The third kappa shape index (κ3) is 3.91. The first kappa shape index (κ1) is 14.3. The molecular weight excluding hydrogens is 327 g/mol. The Bertz CT molecular complexity index is 613. The fourth-order valence-electron chi connectivity index (χ4n) is 1.64. The summed E-state index contributed by atoms with van der Waals surface area (Å²) in [6.45, 7) is 1.84. The van der Waals surface area contributed by atoms with Crippen LogP contribution < -0.4 is 0 Å². The Morgan fingerprint density at radius 1 is 1.26 bits per heavy atom. The highest BCUT2D eigenvalue weighted by Crippen LogP contribution is 2.23. The van der Waals surface area contributed by atoms with Crippen LogP contribution >= 0.6 is 27.7 Å². The molecule has 0 heterocycles. The van der Waals surface area contributed by atoms with Gasteiger partial charge in [0.05, 0.1) is 11.3 Å². The van der Waals surface area contributed by atoms with E-state index in [4.69, 9.17) is 0 Å². The summed E-state index contributed by atoms with van der Waals surface area (Å²) in [5.74, 6) is -0.409. The van der Waals surface area contributed by atoms with Crippen molar-refractivity contribution in [3.05, 3.63) is 63.9 Å². The molecule has 0 unspecified atom stereocenters. The largest absolute Gasteiger partial charge is 0.293 e. The van der Waals surface area contributed by atoms with Gasteiger partial charge in [-0.3, -0.25) is 4.79 Å². The van der Waals surface area contributed by atoms with Crippen molar-refractivity contribution in [2.45, 2.75) is 11.8 Å². The van der Waals surface area contributed by atoms with Crippen LogP contribution in [0.25, 0.3) is 0 Å². The molecule has 0 bridgehead atoms. The van der Waals surface area contributed by atoms with Gasteiger partial charge in [-0.2, -0.15) is 0 Å². The van der Waals surface area contributed by atoms with Crippen molar-refractivity contribution in [1.29, 1.82) is 0 Å². The Labute approximate surface area is 124 Å². The highest BCUT2D eigenvalue weighted by Gasteiger charge is 2.12. The number of hydrogen-bond acceptors (Lipinski definition) is 2. The molecular formula is C15H12BrFOS. The summed E-state index contributed by atoms with van der Waals surface area (Å²) in [5.41, 5.74) is 1.06. The Hall–Kier alpha value is -1.13. The van der Waals surface area contributed by atoms with Gasteiger partial charge in [0.25, 0.3) is 0 Å². The van der Waals surface area contributed by atoms with Crippen LogP contribution in [0.15, 0.2) is 51.8 Å². The zero-order chi connectivity index (χ0) is 13.8. The molecule has 0 atom stereocenters. The van der Waals surface area contributed by atoms with Crippen LogP contribution in [-0.4, -0.2) is 11.5 Å². The van der Waals surface area contributed by atoms with Crippen LogP contribution in [0.5, 0.6) is 0 Å². The van der Waals surface area contributed by atoms with E-state index in [1.165, 1.54) is 17.8 Å². The first-order valence-electron chi connectivity index (χ1n) is 5.74. The van der Waals surface area contributed by atoms with E-state index in [2.05, 4.69) is 15.9 Å². The summed E-state index contributed by atoms with van der Waals surface area (Å²) in [4.78, 5) is 13.0. The van der Waals surface area contributed by atoms with E-state index in [0.29, 0.717) is 0 Å². The first-order valence-corrected chi connectivity index (χ1v) is 7.52. The minimum atomic E-state index is -0.453. The Kier molecular flexibility index (Phi) is 4.77. The first-order chi connectivity index (χ1) is 9.06. The Morgan fingerprint density at radius 3 is 2.79 bits per heavy atom. The molecule has 0 fully saturated rings. The van der Waals surface area contributed by atoms with Crippen LogP contribution in [0.1, 0.15) is 15.9 Å². The number of rotatable bonds is 4. The maximum absolute atomic E-state index is 13.6.